The summed E-state index contributed by atoms with van der Waals surface area (Å²) in [6.45, 7) is 1.66. The maximum Gasteiger partial charge on any atom is 0.246 e. The highest BCUT2D eigenvalue weighted by Crippen LogP contribution is 2.08. The molecule has 0 saturated carbocycles. The maximum atomic E-state index is 11.8. The first-order valence-corrected chi connectivity index (χ1v) is 6.07. The van der Waals surface area contributed by atoms with Crippen LogP contribution in [0.25, 0.3) is 6.08 Å². The fourth-order valence-electron chi connectivity index (χ4n) is 1.56. The molecule has 0 aliphatic carbocycles. The number of nitrogen functional groups attached to an aromatic ring is 1. The molecule has 0 aliphatic heterocycles. The van der Waals surface area contributed by atoms with Crippen LogP contribution in [0.2, 0.25) is 0 Å². The summed E-state index contributed by atoms with van der Waals surface area (Å²) in [5.41, 5.74) is 7.31. The molecule has 0 aliphatic rings. The lowest BCUT2D eigenvalue weighted by molar-refractivity contribution is -0.124. The summed E-state index contributed by atoms with van der Waals surface area (Å²) < 4.78 is 0. The second kappa shape index (κ2) is 7.50. The van der Waals surface area contributed by atoms with Crippen molar-refractivity contribution in [1.82, 2.24) is 10.2 Å². The minimum atomic E-state index is 0.00790. The quantitative estimate of drug-likeness (QED) is 0.453. The summed E-state index contributed by atoms with van der Waals surface area (Å²) in [4.78, 5) is 13.5. The van der Waals surface area contributed by atoms with Crippen molar-refractivity contribution in [3.8, 4) is 0 Å². The second-order valence-corrected chi connectivity index (χ2v) is 4.22. The van der Waals surface area contributed by atoms with Crippen molar-refractivity contribution in [2.75, 3.05) is 32.9 Å². The Kier molecular flexibility index (Phi) is 5.94. The highest BCUT2D eigenvalue weighted by atomic mass is 16.2. The van der Waals surface area contributed by atoms with Crippen molar-refractivity contribution in [3.05, 3.63) is 35.9 Å². The molecule has 0 aromatic heterocycles. The Bertz CT molecular complexity index is 415. The fourth-order valence-corrected chi connectivity index (χ4v) is 1.56. The minimum absolute atomic E-state index is 0.00790. The van der Waals surface area contributed by atoms with Gasteiger partial charge in [0.1, 0.15) is 0 Å². The minimum Gasteiger partial charge on any atom is -0.399 e. The average Bonchev–Trinajstić information content (AvgIpc) is 2.36. The van der Waals surface area contributed by atoms with E-state index < -0.39 is 0 Å². The molecular weight excluding hydrogens is 226 g/mol. The number of benzene rings is 1. The number of nitrogens with zero attached hydrogens (tertiary/aromatic N) is 1. The first-order valence-electron chi connectivity index (χ1n) is 6.07. The number of nitrogens with two attached hydrogens (primary N) is 1. The Labute approximate surface area is 108 Å². The zero-order chi connectivity index (χ0) is 13.4. The summed E-state index contributed by atoms with van der Waals surface area (Å²) in [5, 5.41) is 3.06. The van der Waals surface area contributed by atoms with Gasteiger partial charge >= 0.3 is 0 Å². The van der Waals surface area contributed by atoms with Crippen LogP contribution < -0.4 is 11.1 Å². The van der Waals surface area contributed by atoms with Crippen molar-refractivity contribution < 1.29 is 4.79 Å². The number of nitrogens with one attached hydrogen (secondary N) is 1. The molecule has 0 atom stereocenters. The average molecular weight is 247 g/mol. The van der Waals surface area contributed by atoms with Crippen molar-refractivity contribution in [1.29, 1.82) is 0 Å². The molecule has 0 radical (unpaired) electrons. The predicted octanol–water partition coefficient (Wildman–Crippen LogP) is 1.35. The predicted molar refractivity (Wildman–Crippen MR) is 76.1 cm³/mol. The third-order valence-corrected chi connectivity index (χ3v) is 2.63. The smallest absolute Gasteiger partial charge is 0.246 e. The zero-order valence-electron chi connectivity index (χ0n) is 11.0. The summed E-state index contributed by atoms with van der Waals surface area (Å²) in [5.74, 6) is 0.00790. The summed E-state index contributed by atoms with van der Waals surface area (Å²) in [6, 6.07) is 7.45. The van der Waals surface area contributed by atoms with E-state index in [0.717, 1.165) is 25.1 Å². The molecule has 1 amide bonds. The Morgan fingerprint density at radius 3 is 2.94 bits per heavy atom. The third kappa shape index (κ3) is 5.01. The third-order valence-electron chi connectivity index (χ3n) is 2.63. The van der Waals surface area contributed by atoms with Crippen LogP contribution in [0.15, 0.2) is 30.3 Å². The Hall–Kier alpha value is -1.81. The highest BCUT2D eigenvalue weighted by Gasteiger charge is 2.03. The number of likely N-dealkylation sites (N-methyl/N-ethyl adjacent to an activating group) is 1. The standard InChI is InChI=1S/C14H21N3O/c1-16-9-4-10-17(2)14(18)8-7-12-5-3-6-13(15)11-12/h3,5-8,11,16H,4,9-10,15H2,1-2H3/b8-7+. The van der Waals surface area contributed by atoms with Gasteiger partial charge in [-0.1, -0.05) is 12.1 Å². The van der Waals surface area contributed by atoms with Crippen molar-refractivity contribution in [2.45, 2.75) is 6.42 Å². The van der Waals surface area contributed by atoms with E-state index in [2.05, 4.69) is 5.32 Å². The van der Waals surface area contributed by atoms with Crippen LogP contribution in [-0.4, -0.2) is 38.0 Å². The number of carbonyl (C=O) groups excluding carboxylic acids is 1. The van der Waals surface area contributed by atoms with Gasteiger partial charge in [-0.3, -0.25) is 4.79 Å². The van der Waals surface area contributed by atoms with Crippen LogP contribution >= 0.6 is 0 Å². The van der Waals surface area contributed by atoms with Crippen LogP contribution in [0.3, 0.4) is 0 Å². The zero-order valence-corrected chi connectivity index (χ0v) is 11.0. The summed E-state index contributed by atoms with van der Waals surface area (Å²) >= 11 is 0. The van der Waals surface area contributed by atoms with Crippen LogP contribution in [0.5, 0.6) is 0 Å². The highest BCUT2D eigenvalue weighted by molar-refractivity contribution is 5.91. The number of anilines is 1. The van der Waals surface area contributed by atoms with Gasteiger partial charge in [0.15, 0.2) is 0 Å². The van der Waals surface area contributed by atoms with Gasteiger partial charge in [-0.05, 0) is 43.8 Å². The molecule has 0 spiro atoms. The summed E-state index contributed by atoms with van der Waals surface area (Å²) in [7, 11) is 3.71. The number of hydrogen-bond acceptors (Lipinski definition) is 3. The molecule has 0 heterocycles. The van der Waals surface area contributed by atoms with Crippen LogP contribution in [-0.2, 0) is 4.79 Å². The van der Waals surface area contributed by atoms with Gasteiger partial charge in [0.05, 0.1) is 0 Å². The normalized spacial score (nSPS) is 10.8. The molecule has 1 rings (SSSR count). The maximum absolute atomic E-state index is 11.8. The van der Waals surface area contributed by atoms with E-state index in [1.165, 1.54) is 0 Å². The molecule has 98 valence electrons. The Morgan fingerprint density at radius 1 is 1.50 bits per heavy atom. The van der Waals surface area contributed by atoms with E-state index >= 15 is 0 Å². The van der Waals surface area contributed by atoms with E-state index in [4.69, 9.17) is 5.73 Å². The number of rotatable bonds is 6. The van der Waals surface area contributed by atoms with Gasteiger partial charge < -0.3 is 16.0 Å². The van der Waals surface area contributed by atoms with Crippen molar-refractivity contribution >= 4 is 17.7 Å². The molecule has 4 nitrogen and oxygen atoms in total. The second-order valence-electron chi connectivity index (χ2n) is 4.22. The molecular formula is C14H21N3O. The lowest BCUT2D eigenvalue weighted by atomic mass is 10.2. The van der Waals surface area contributed by atoms with Crippen LogP contribution in [0, 0.1) is 0 Å². The molecule has 4 heteroatoms. The van der Waals surface area contributed by atoms with E-state index in [0.29, 0.717) is 5.69 Å². The number of amides is 1. The largest absolute Gasteiger partial charge is 0.399 e. The number of hydrogen-bond donors (Lipinski definition) is 2. The SMILES string of the molecule is CNCCCN(C)C(=O)/C=C/c1cccc(N)c1. The topological polar surface area (TPSA) is 58.4 Å². The van der Waals surface area contributed by atoms with Crippen molar-refractivity contribution in [3.63, 3.8) is 0 Å². The van der Waals surface area contributed by atoms with Gasteiger partial charge in [-0.15, -0.1) is 0 Å². The molecule has 0 unspecified atom stereocenters. The van der Waals surface area contributed by atoms with Crippen LogP contribution in [0.1, 0.15) is 12.0 Å². The monoisotopic (exact) mass is 247 g/mol. The lowest BCUT2D eigenvalue weighted by Gasteiger charge is -2.14. The molecule has 0 bridgehead atoms. The van der Waals surface area contributed by atoms with Gasteiger partial charge in [-0.2, -0.15) is 0 Å². The van der Waals surface area contributed by atoms with E-state index in [1.54, 1.807) is 17.1 Å². The summed E-state index contributed by atoms with van der Waals surface area (Å²) in [6.07, 6.45) is 4.31. The first kappa shape index (κ1) is 14.3. The van der Waals surface area contributed by atoms with Crippen LogP contribution in [0.4, 0.5) is 5.69 Å². The van der Waals surface area contributed by atoms with E-state index in [-0.39, 0.29) is 5.91 Å². The van der Waals surface area contributed by atoms with Gasteiger partial charge in [0.2, 0.25) is 5.91 Å². The van der Waals surface area contributed by atoms with E-state index in [9.17, 15) is 4.79 Å². The fraction of sp³-hybridized carbons (Fsp3) is 0.357. The molecule has 0 fully saturated rings. The van der Waals surface area contributed by atoms with Gasteiger partial charge in [0, 0.05) is 25.4 Å². The Balaban J connectivity index is 2.48. The van der Waals surface area contributed by atoms with Crippen molar-refractivity contribution in [2.24, 2.45) is 0 Å². The Morgan fingerprint density at radius 2 is 2.28 bits per heavy atom. The molecule has 1 aromatic rings. The molecule has 3 N–H and O–H groups in total. The van der Waals surface area contributed by atoms with Gasteiger partial charge in [-0.25, -0.2) is 0 Å². The molecule has 0 saturated heterocycles. The number of carbonyl (C=O) groups is 1. The molecule has 18 heavy (non-hydrogen) atoms. The lowest BCUT2D eigenvalue weighted by Crippen LogP contribution is -2.27. The van der Waals surface area contributed by atoms with Gasteiger partial charge in [0.25, 0.3) is 0 Å². The molecule has 1 aromatic carbocycles. The van der Waals surface area contributed by atoms with E-state index in [1.807, 2.05) is 38.4 Å². The first-order chi connectivity index (χ1) is 8.63.